The Hall–Kier alpha value is -1.75. The van der Waals surface area contributed by atoms with Crippen LogP contribution in [0, 0.1) is 5.82 Å². The molecule has 1 heterocycles. The molecule has 0 bridgehead atoms. The van der Waals surface area contributed by atoms with Gasteiger partial charge in [-0.3, -0.25) is 4.79 Å². The van der Waals surface area contributed by atoms with Crippen molar-refractivity contribution >= 4 is 27.9 Å². The van der Waals surface area contributed by atoms with Crippen LogP contribution in [0.1, 0.15) is 35.1 Å². The number of rotatable bonds is 3. The molecule has 0 amide bonds. The number of halogens is 1. The second-order valence-corrected chi connectivity index (χ2v) is 5.83. The SMILES string of the molecule is CCN(c1cccc(F)c1)c1nc2c(s1)CCCC2=O. The lowest BCUT2D eigenvalue weighted by atomic mass is 10.0. The molecule has 20 heavy (non-hydrogen) atoms. The smallest absolute Gasteiger partial charge is 0.190 e. The summed E-state index contributed by atoms with van der Waals surface area (Å²) in [6, 6.07) is 6.46. The van der Waals surface area contributed by atoms with Crippen LogP contribution in [0.15, 0.2) is 24.3 Å². The first kappa shape index (κ1) is 13.2. The minimum atomic E-state index is -0.265. The summed E-state index contributed by atoms with van der Waals surface area (Å²) >= 11 is 1.54. The Morgan fingerprint density at radius 1 is 1.40 bits per heavy atom. The summed E-state index contributed by atoms with van der Waals surface area (Å²) in [7, 11) is 0. The predicted octanol–water partition coefficient (Wildman–Crippen LogP) is 3.96. The van der Waals surface area contributed by atoms with Gasteiger partial charge >= 0.3 is 0 Å². The number of thiazole rings is 1. The van der Waals surface area contributed by atoms with Crippen LogP contribution in [0.5, 0.6) is 0 Å². The van der Waals surface area contributed by atoms with E-state index in [0.29, 0.717) is 18.7 Å². The Morgan fingerprint density at radius 2 is 2.25 bits per heavy atom. The molecule has 0 saturated carbocycles. The Labute approximate surface area is 121 Å². The molecule has 0 fully saturated rings. The lowest BCUT2D eigenvalue weighted by Gasteiger charge is -2.19. The number of aryl methyl sites for hydroxylation is 1. The molecule has 1 aliphatic rings. The molecule has 0 saturated heterocycles. The number of ketones is 1. The van der Waals surface area contributed by atoms with Gasteiger partial charge in [-0.05, 0) is 38.0 Å². The zero-order chi connectivity index (χ0) is 14.1. The Morgan fingerprint density at radius 3 is 2.95 bits per heavy atom. The van der Waals surface area contributed by atoms with Crippen molar-refractivity contribution in [3.05, 3.63) is 40.7 Å². The van der Waals surface area contributed by atoms with Crippen molar-refractivity contribution < 1.29 is 9.18 Å². The number of hydrogen-bond acceptors (Lipinski definition) is 4. The maximum absolute atomic E-state index is 13.4. The van der Waals surface area contributed by atoms with Crippen LogP contribution in [0.2, 0.25) is 0 Å². The van der Waals surface area contributed by atoms with Crippen LogP contribution in [0.25, 0.3) is 0 Å². The van der Waals surface area contributed by atoms with Gasteiger partial charge < -0.3 is 4.90 Å². The van der Waals surface area contributed by atoms with Gasteiger partial charge in [-0.25, -0.2) is 9.37 Å². The summed E-state index contributed by atoms with van der Waals surface area (Å²) in [5.41, 5.74) is 1.39. The van der Waals surface area contributed by atoms with Gasteiger partial charge in [0.25, 0.3) is 0 Å². The van der Waals surface area contributed by atoms with Crippen molar-refractivity contribution in [1.82, 2.24) is 4.98 Å². The normalized spacial score (nSPS) is 14.2. The van der Waals surface area contributed by atoms with Crippen LogP contribution in [-0.2, 0) is 6.42 Å². The quantitative estimate of drug-likeness (QED) is 0.858. The molecule has 2 aromatic rings. The van der Waals surface area contributed by atoms with E-state index >= 15 is 0 Å². The third-order valence-electron chi connectivity index (χ3n) is 3.42. The van der Waals surface area contributed by atoms with Gasteiger partial charge in [0, 0.05) is 23.5 Å². The van der Waals surface area contributed by atoms with Gasteiger partial charge in [0.15, 0.2) is 10.9 Å². The molecule has 1 aliphatic carbocycles. The molecule has 3 rings (SSSR count). The topological polar surface area (TPSA) is 33.2 Å². The zero-order valence-corrected chi connectivity index (χ0v) is 12.0. The Kier molecular flexibility index (Phi) is 3.53. The van der Waals surface area contributed by atoms with Crippen molar-refractivity contribution in [2.45, 2.75) is 26.2 Å². The number of hydrogen-bond donors (Lipinski definition) is 0. The molecule has 0 N–H and O–H groups in total. The maximum Gasteiger partial charge on any atom is 0.190 e. The summed E-state index contributed by atoms with van der Waals surface area (Å²) in [4.78, 5) is 19.4. The molecule has 0 spiro atoms. The first-order valence-corrected chi connectivity index (χ1v) is 7.56. The molecule has 1 aromatic carbocycles. The third-order valence-corrected chi connectivity index (χ3v) is 4.56. The summed E-state index contributed by atoms with van der Waals surface area (Å²) in [6.07, 6.45) is 2.40. The van der Waals surface area contributed by atoms with Crippen molar-refractivity contribution in [1.29, 1.82) is 0 Å². The minimum Gasteiger partial charge on any atom is -0.318 e. The largest absolute Gasteiger partial charge is 0.318 e. The number of anilines is 2. The van der Waals surface area contributed by atoms with E-state index < -0.39 is 0 Å². The lowest BCUT2D eigenvalue weighted by molar-refractivity contribution is 0.0968. The van der Waals surface area contributed by atoms with Crippen molar-refractivity contribution in [2.75, 3.05) is 11.4 Å². The number of Topliss-reactive ketones (excluding diaryl/α,β-unsaturated/α-hetero) is 1. The monoisotopic (exact) mass is 290 g/mol. The molecule has 104 valence electrons. The number of aromatic nitrogens is 1. The number of carbonyl (C=O) groups is 1. The molecule has 0 radical (unpaired) electrons. The van der Waals surface area contributed by atoms with E-state index in [2.05, 4.69) is 4.98 Å². The van der Waals surface area contributed by atoms with Crippen molar-refractivity contribution in [2.24, 2.45) is 0 Å². The van der Waals surface area contributed by atoms with Crippen molar-refractivity contribution in [3.8, 4) is 0 Å². The van der Waals surface area contributed by atoms with E-state index in [4.69, 9.17) is 0 Å². The Balaban J connectivity index is 2.00. The first-order chi connectivity index (χ1) is 9.69. The van der Waals surface area contributed by atoms with E-state index in [1.807, 2.05) is 17.9 Å². The standard InChI is InChI=1S/C15H15FN2OS/c1-2-18(11-6-3-5-10(16)9-11)15-17-14-12(19)7-4-8-13(14)20-15/h3,5-6,9H,2,4,7-8H2,1H3. The zero-order valence-electron chi connectivity index (χ0n) is 11.2. The molecule has 5 heteroatoms. The second-order valence-electron chi connectivity index (χ2n) is 4.77. The minimum absolute atomic E-state index is 0.129. The number of benzene rings is 1. The lowest BCUT2D eigenvalue weighted by Crippen LogP contribution is -2.16. The van der Waals surface area contributed by atoms with E-state index in [9.17, 15) is 9.18 Å². The number of fused-ring (bicyclic) bond motifs is 1. The van der Waals surface area contributed by atoms with Crippen LogP contribution >= 0.6 is 11.3 Å². The summed E-state index contributed by atoms with van der Waals surface area (Å²) < 4.78 is 13.4. The van der Waals surface area contributed by atoms with Gasteiger partial charge in [-0.15, -0.1) is 11.3 Å². The van der Waals surface area contributed by atoms with Gasteiger partial charge in [-0.1, -0.05) is 6.07 Å². The van der Waals surface area contributed by atoms with E-state index in [1.165, 1.54) is 12.1 Å². The third kappa shape index (κ3) is 2.33. The summed E-state index contributed by atoms with van der Waals surface area (Å²) in [6.45, 7) is 2.68. The molecule has 0 unspecified atom stereocenters. The second kappa shape index (κ2) is 5.32. The molecular weight excluding hydrogens is 275 g/mol. The van der Waals surface area contributed by atoms with E-state index in [1.54, 1.807) is 17.4 Å². The highest BCUT2D eigenvalue weighted by Gasteiger charge is 2.24. The maximum atomic E-state index is 13.4. The fourth-order valence-corrected chi connectivity index (χ4v) is 3.65. The van der Waals surface area contributed by atoms with Crippen LogP contribution < -0.4 is 4.90 Å². The van der Waals surface area contributed by atoms with Crippen LogP contribution in [0.4, 0.5) is 15.2 Å². The van der Waals surface area contributed by atoms with Crippen LogP contribution in [-0.4, -0.2) is 17.3 Å². The molecule has 0 aliphatic heterocycles. The van der Waals surface area contributed by atoms with E-state index in [-0.39, 0.29) is 11.6 Å². The van der Waals surface area contributed by atoms with Gasteiger partial charge in [-0.2, -0.15) is 0 Å². The Bertz CT molecular complexity index is 653. The first-order valence-electron chi connectivity index (χ1n) is 6.75. The fourth-order valence-electron chi connectivity index (χ4n) is 2.44. The average Bonchev–Trinajstić information content (AvgIpc) is 2.85. The molecule has 1 aromatic heterocycles. The molecule has 3 nitrogen and oxygen atoms in total. The summed E-state index contributed by atoms with van der Waals surface area (Å²) in [5.74, 6) is -0.137. The van der Waals surface area contributed by atoms with Gasteiger partial charge in [0.2, 0.25) is 0 Å². The van der Waals surface area contributed by atoms with Gasteiger partial charge in [0.05, 0.1) is 0 Å². The molecule has 0 atom stereocenters. The highest BCUT2D eigenvalue weighted by atomic mass is 32.1. The number of nitrogens with zero attached hydrogens (tertiary/aromatic N) is 2. The average molecular weight is 290 g/mol. The van der Waals surface area contributed by atoms with E-state index in [0.717, 1.165) is 28.5 Å². The predicted molar refractivity (Wildman–Crippen MR) is 78.5 cm³/mol. The number of carbonyl (C=O) groups excluding carboxylic acids is 1. The van der Waals surface area contributed by atoms with Crippen LogP contribution in [0.3, 0.4) is 0 Å². The van der Waals surface area contributed by atoms with Crippen molar-refractivity contribution in [3.63, 3.8) is 0 Å². The molecular formula is C15H15FN2OS. The fraction of sp³-hybridized carbons (Fsp3) is 0.333. The van der Waals surface area contributed by atoms with Gasteiger partial charge in [0.1, 0.15) is 11.5 Å². The highest BCUT2D eigenvalue weighted by molar-refractivity contribution is 7.16. The summed E-state index contributed by atoms with van der Waals surface area (Å²) in [5, 5.41) is 0.776. The highest BCUT2D eigenvalue weighted by Crippen LogP contribution is 2.35.